The number of hydrogen-bond donors (Lipinski definition) is 1. The Morgan fingerprint density at radius 3 is 2.86 bits per heavy atom. The first kappa shape index (κ1) is 14.8. The third-order valence-corrected chi connectivity index (χ3v) is 5.51. The molecule has 0 aromatic carbocycles. The molecule has 1 fully saturated rings. The topological polar surface area (TPSA) is 42.0 Å². The van der Waals surface area contributed by atoms with Gasteiger partial charge in [-0.05, 0) is 32.1 Å². The molecule has 0 saturated heterocycles. The van der Waals surface area contributed by atoms with Crippen molar-refractivity contribution < 1.29 is 4.79 Å². The highest BCUT2D eigenvalue weighted by molar-refractivity contribution is 7.09. The average Bonchev–Trinajstić information content (AvgIpc) is 3.03. The van der Waals surface area contributed by atoms with Crippen LogP contribution >= 0.6 is 11.3 Å². The zero-order valence-electron chi connectivity index (χ0n) is 12.5. The van der Waals surface area contributed by atoms with Crippen LogP contribution in [0.25, 0.3) is 0 Å². The summed E-state index contributed by atoms with van der Waals surface area (Å²) in [5.74, 6) is 1.00. The smallest absolute Gasteiger partial charge is 0.223 e. The average molecular weight is 304 g/mol. The molecule has 0 bridgehead atoms. The number of allylic oxidation sites excluding steroid dienone is 2. The van der Waals surface area contributed by atoms with E-state index in [0.29, 0.717) is 12.5 Å². The predicted octanol–water partition coefficient (Wildman–Crippen LogP) is 4.16. The maximum absolute atomic E-state index is 12.1. The van der Waals surface area contributed by atoms with E-state index in [-0.39, 0.29) is 11.8 Å². The lowest BCUT2D eigenvalue weighted by atomic mass is 9.87. The minimum atomic E-state index is 0.160. The number of nitrogens with zero attached hydrogens (tertiary/aromatic N) is 1. The molecule has 0 spiro atoms. The van der Waals surface area contributed by atoms with E-state index in [2.05, 4.69) is 22.8 Å². The maximum Gasteiger partial charge on any atom is 0.223 e. The Hall–Kier alpha value is -1.16. The molecule has 1 aromatic heterocycles. The molecule has 3 nitrogen and oxygen atoms in total. The van der Waals surface area contributed by atoms with Crippen LogP contribution in [0.2, 0.25) is 0 Å². The first-order valence-electron chi connectivity index (χ1n) is 8.20. The molecule has 1 saturated carbocycles. The van der Waals surface area contributed by atoms with Crippen molar-refractivity contribution in [2.45, 2.75) is 63.8 Å². The Morgan fingerprint density at radius 2 is 2.10 bits per heavy atom. The molecule has 21 heavy (non-hydrogen) atoms. The van der Waals surface area contributed by atoms with Crippen LogP contribution in [-0.2, 0) is 11.3 Å². The summed E-state index contributed by atoms with van der Waals surface area (Å²) in [7, 11) is 0. The molecule has 1 heterocycles. The van der Waals surface area contributed by atoms with Gasteiger partial charge in [0.2, 0.25) is 5.91 Å². The Labute approximate surface area is 130 Å². The number of nitrogens with one attached hydrogen (secondary N) is 1. The minimum Gasteiger partial charge on any atom is -0.349 e. The van der Waals surface area contributed by atoms with E-state index in [4.69, 9.17) is 4.98 Å². The predicted molar refractivity (Wildman–Crippen MR) is 86.3 cm³/mol. The van der Waals surface area contributed by atoms with Gasteiger partial charge >= 0.3 is 0 Å². The first-order valence-corrected chi connectivity index (χ1v) is 9.08. The van der Waals surface area contributed by atoms with Gasteiger partial charge in [-0.1, -0.05) is 31.4 Å². The highest BCUT2D eigenvalue weighted by atomic mass is 32.1. The fourth-order valence-corrected chi connectivity index (χ4v) is 4.15. The number of rotatable bonds is 4. The fraction of sp³-hybridized carbons (Fsp3) is 0.647. The molecule has 1 amide bonds. The van der Waals surface area contributed by atoms with Gasteiger partial charge in [0.1, 0.15) is 5.01 Å². The molecule has 0 radical (unpaired) electrons. The van der Waals surface area contributed by atoms with E-state index in [1.807, 2.05) is 0 Å². The van der Waals surface area contributed by atoms with Gasteiger partial charge in [-0.2, -0.15) is 0 Å². The van der Waals surface area contributed by atoms with Crippen LogP contribution < -0.4 is 5.32 Å². The van der Waals surface area contributed by atoms with Crippen LogP contribution in [0.4, 0.5) is 0 Å². The van der Waals surface area contributed by atoms with E-state index in [1.165, 1.54) is 37.8 Å². The molecule has 0 aliphatic heterocycles. The molecule has 2 aliphatic carbocycles. The van der Waals surface area contributed by atoms with Crippen molar-refractivity contribution in [2.75, 3.05) is 0 Å². The zero-order valence-corrected chi connectivity index (χ0v) is 13.3. The van der Waals surface area contributed by atoms with Gasteiger partial charge in [0.05, 0.1) is 12.2 Å². The lowest BCUT2D eigenvalue weighted by Crippen LogP contribution is -2.30. The Kier molecular flexibility index (Phi) is 5.07. The summed E-state index contributed by atoms with van der Waals surface area (Å²) in [6.45, 7) is 0.594. The van der Waals surface area contributed by atoms with Crippen molar-refractivity contribution in [2.24, 2.45) is 5.92 Å². The first-order chi connectivity index (χ1) is 10.3. The number of carbonyl (C=O) groups is 1. The van der Waals surface area contributed by atoms with Crippen molar-refractivity contribution in [1.82, 2.24) is 10.3 Å². The van der Waals surface area contributed by atoms with E-state index in [0.717, 1.165) is 24.3 Å². The molecule has 1 aromatic rings. The zero-order chi connectivity index (χ0) is 14.5. The van der Waals surface area contributed by atoms with Crippen LogP contribution in [0, 0.1) is 5.92 Å². The Morgan fingerprint density at radius 1 is 1.24 bits per heavy atom. The van der Waals surface area contributed by atoms with Crippen LogP contribution in [0.5, 0.6) is 0 Å². The van der Waals surface area contributed by atoms with Crippen LogP contribution in [0.15, 0.2) is 17.5 Å². The lowest BCUT2D eigenvalue weighted by molar-refractivity contribution is -0.125. The Balaban J connectivity index is 1.50. The SMILES string of the molecule is O=C(NCc1nc(C2CCCCC2)cs1)[C@@H]1CC=CCC1. The molecule has 3 rings (SSSR count). The summed E-state index contributed by atoms with van der Waals surface area (Å²) in [6.07, 6.45) is 13.8. The highest BCUT2D eigenvalue weighted by Gasteiger charge is 2.20. The largest absolute Gasteiger partial charge is 0.349 e. The van der Waals surface area contributed by atoms with Gasteiger partial charge in [-0.15, -0.1) is 11.3 Å². The molecule has 114 valence electrons. The second-order valence-corrected chi connectivity index (χ2v) is 7.14. The van der Waals surface area contributed by atoms with Gasteiger partial charge < -0.3 is 5.32 Å². The van der Waals surface area contributed by atoms with E-state index < -0.39 is 0 Å². The summed E-state index contributed by atoms with van der Waals surface area (Å²) < 4.78 is 0. The highest BCUT2D eigenvalue weighted by Crippen LogP contribution is 2.33. The molecular weight excluding hydrogens is 280 g/mol. The third-order valence-electron chi connectivity index (χ3n) is 4.65. The second-order valence-electron chi connectivity index (χ2n) is 6.20. The van der Waals surface area contributed by atoms with Crippen molar-refractivity contribution >= 4 is 17.2 Å². The van der Waals surface area contributed by atoms with Crippen LogP contribution in [-0.4, -0.2) is 10.9 Å². The van der Waals surface area contributed by atoms with Gasteiger partial charge in [0, 0.05) is 17.2 Å². The number of thiazole rings is 1. The minimum absolute atomic E-state index is 0.160. The summed E-state index contributed by atoms with van der Waals surface area (Å²) in [5, 5.41) is 6.31. The summed E-state index contributed by atoms with van der Waals surface area (Å²) in [5.41, 5.74) is 1.25. The molecule has 4 heteroatoms. The van der Waals surface area contributed by atoms with Crippen LogP contribution in [0.3, 0.4) is 0 Å². The summed E-state index contributed by atoms with van der Waals surface area (Å²) in [6, 6.07) is 0. The van der Waals surface area contributed by atoms with Gasteiger partial charge in [-0.3, -0.25) is 4.79 Å². The Bertz CT molecular complexity index is 503. The normalized spacial score (nSPS) is 23.1. The standard InChI is InChI=1S/C17H24N2OS/c20-17(14-9-5-2-6-10-14)18-11-16-19-15(12-21-16)13-7-3-1-4-8-13/h2,5,12-14H,1,3-4,6-11H2,(H,18,20)/t14-/m1/s1. The molecular formula is C17H24N2OS. The molecule has 1 atom stereocenters. The van der Waals surface area contributed by atoms with E-state index in [1.54, 1.807) is 11.3 Å². The molecule has 0 unspecified atom stereocenters. The number of hydrogen-bond acceptors (Lipinski definition) is 3. The van der Waals surface area contributed by atoms with Gasteiger partial charge in [0.15, 0.2) is 0 Å². The monoisotopic (exact) mass is 304 g/mol. The van der Waals surface area contributed by atoms with Crippen LogP contribution in [0.1, 0.15) is 68.0 Å². The molecule has 1 N–H and O–H groups in total. The third kappa shape index (κ3) is 3.94. The second kappa shape index (κ2) is 7.21. The van der Waals surface area contributed by atoms with E-state index in [9.17, 15) is 4.79 Å². The summed E-state index contributed by atoms with van der Waals surface area (Å²) >= 11 is 1.69. The van der Waals surface area contributed by atoms with E-state index >= 15 is 0 Å². The number of carbonyl (C=O) groups excluding carboxylic acids is 1. The lowest BCUT2D eigenvalue weighted by Gasteiger charge is -2.19. The van der Waals surface area contributed by atoms with Crippen molar-refractivity contribution in [3.8, 4) is 0 Å². The maximum atomic E-state index is 12.1. The van der Waals surface area contributed by atoms with Crippen molar-refractivity contribution in [3.63, 3.8) is 0 Å². The fourth-order valence-electron chi connectivity index (χ4n) is 3.33. The quantitative estimate of drug-likeness (QED) is 0.849. The van der Waals surface area contributed by atoms with Gasteiger partial charge in [-0.25, -0.2) is 4.98 Å². The van der Waals surface area contributed by atoms with Crippen molar-refractivity contribution in [3.05, 3.63) is 28.2 Å². The summed E-state index contributed by atoms with van der Waals surface area (Å²) in [4.78, 5) is 16.9. The number of aromatic nitrogens is 1. The number of amides is 1. The van der Waals surface area contributed by atoms with Crippen molar-refractivity contribution in [1.29, 1.82) is 0 Å². The van der Waals surface area contributed by atoms with Gasteiger partial charge in [0.25, 0.3) is 0 Å². The molecule has 2 aliphatic rings.